The quantitative estimate of drug-likeness (QED) is 0.783. The number of aromatic nitrogens is 2. The molecular formula is C15H11BrFN3O. The molecule has 21 heavy (non-hydrogen) atoms. The van der Waals surface area contributed by atoms with Crippen LogP contribution in [0.1, 0.15) is 5.56 Å². The van der Waals surface area contributed by atoms with Gasteiger partial charge < -0.3 is 10.5 Å². The van der Waals surface area contributed by atoms with Crippen LogP contribution in [0.3, 0.4) is 0 Å². The Morgan fingerprint density at radius 3 is 2.86 bits per heavy atom. The van der Waals surface area contributed by atoms with Crippen LogP contribution >= 0.6 is 15.9 Å². The molecule has 0 aliphatic heterocycles. The van der Waals surface area contributed by atoms with Crippen LogP contribution in [0.15, 0.2) is 47.2 Å². The lowest BCUT2D eigenvalue weighted by molar-refractivity contribution is 0.471. The summed E-state index contributed by atoms with van der Waals surface area (Å²) >= 11 is 3.35. The fourth-order valence-corrected chi connectivity index (χ4v) is 2.33. The molecule has 0 saturated heterocycles. The van der Waals surface area contributed by atoms with Gasteiger partial charge in [0.15, 0.2) is 5.75 Å². The fraction of sp³-hybridized carbons (Fsp3) is 0.0667. The van der Waals surface area contributed by atoms with Gasteiger partial charge in [-0.2, -0.15) is 0 Å². The lowest BCUT2D eigenvalue weighted by Gasteiger charge is -2.11. The van der Waals surface area contributed by atoms with Crippen molar-refractivity contribution >= 4 is 27.0 Å². The smallest absolute Gasteiger partial charge is 0.156 e. The number of benzene rings is 1. The summed E-state index contributed by atoms with van der Waals surface area (Å²) in [4.78, 5) is 8.53. The molecule has 0 spiro atoms. The van der Waals surface area contributed by atoms with E-state index in [2.05, 4.69) is 25.9 Å². The maximum atomic E-state index is 13.7. The molecule has 0 radical (unpaired) electrons. The Morgan fingerprint density at radius 1 is 1.19 bits per heavy atom. The molecule has 3 rings (SSSR count). The molecule has 106 valence electrons. The average Bonchev–Trinajstić information content (AvgIpc) is 2.47. The van der Waals surface area contributed by atoms with E-state index in [1.54, 1.807) is 30.6 Å². The second-order valence-electron chi connectivity index (χ2n) is 4.35. The molecule has 0 aliphatic carbocycles. The molecule has 2 heterocycles. The summed E-state index contributed by atoms with van der Waals surface area (Å²) in [6, 6.07) is 8.14. The highest BCUT2D eigenvalue weighted by Crippen LogP contribution is 2.31. The van der Waals surface area contributed by atoms with Crippen molar-refractivity contribution in [1.82, 2.24) is 9.97 Å². The zero-order chi connectivity index (χ0) is 14.8. The third-order valence-corrected chi connectivity index (χ3v) is 3.44. The maximum absolute atomic E-state index is 13.7. The summed E-state index contributed by atoms with van der Waals surface area (Å²) in [7, 11) is 0. The molecule has 2 aromatic heterocycles. The third-order valence-electron chi connectivity index (χ3n) is 3.01. The van der Waals surface area contributed by atoms with E-state index in [1.165, 1.54) is 6.07 Å². The monoisotopic (exact) mass is 347 g/mol. The molecule has 0 fully saturated rings. The van der Waals surface area contributed by atoms with Gasteiger partial charge in [-0.3, -0.25) is 4.98 Å². The van der Waals surface area contributed by atoms with Crippen molar-refractivity contribution in [3.63, 3.8) is 0 Å². The van der Waals surface area contributed by atoms with E-state index in [9.17, 15) is 4.39 Å². The number of fused-ring (bicyclic) bond motifs is 1. The van der Waals surface area contributed by atoms with Gasteiger partial charge in [0.1, 0.15) is 17.1 Å². The van der Waals surface area contributed by atoms with Gasteiger partial charge in [0.25, 0.3) is 0 Å². The van der Waals surface area contributed by atoms with Crippen LogP contribution in [0.2, 0.25) is 0 Å². The lowest BCUT2D eigenvalue weighted by Crippen LogP contribution is -2.03. The summed E-state index contributed by atoms with van der Waals surface area (Å²) in [5.74, 6) is 0.506. The summed E-state index contributed by atoms with van der Waals surface area (Å²) in [5.41, 5.74) is 7.21. The Bertz CT molecular complexity index is 810. The molecule has 0 amide bonds. The van der Waals surface area contributed by atoms with Crippen molar-refractivity contribution < 1.29 is 9.13 Å². The molecule has 4 nitrogen and oxygen atoms in total. The summed E-state index contributed by atoms with van der Waals surface area (Å²) in [6.45, 7) is 0.0595. The summed E-state index contributed by atoms with van der Waals surface area (Å²) in [5, 5.41) is 0. The number of ether oxygens (including phenoxy) is 1. The van der Waals surface area contributed by atoms with Crippen molar-refractivity contribution in [2.45, 2.75) is 6.54 Å². The Morgan fingerprint density at radius 2 is 2.05 bits per heavy atom. The molecule has 0 atom stereocenters. The van der Waals surface area contributed by atoms with Crippen molar-refractivity contribution in [2.75, 3.05) is 0 Å². The molecule has 0 saturated carbocycles. The second-order valence-corrected chi connectivity index (χ2v) is 5.27. The Labute approximate surface area is 128 Å². The van der Waals surface area contributed by atoms with Gasteiger partial charge in [0.05, 0.1) is 5.52 Å². The van der Waals surface area contributed by atoms with Gasteiger partial charge in [-0.05, 0) is 34.1 Å². The van der Waals surface area contributed by atoms with Crippen LogP contribution < -0.4 is 10.5 Å². The predicted molar refractivity (Wildman–Crippen MR) is 81.6 cm³/mol. The predicted octanol–water partition coefficient (Wildman–Crippen LogP) is 3.78. The van der Waals surface area contributed by atoms with Crippen LogP contribution in [-0.4, -0.2) is 9.97 Å². The molecule has 3 aromatic rings. The first-order valence-corrected chi connectivity index (χ1v) is 7.04. The minimum atomic E-state index is -0.385. The Balaban J connectivity index is 2.09. The minimum Gasteiger partial charge on any atom is -0.455 e. The maximum Gasteiger partial charge on any atom is 0.156 e. The SMILES string of the molecule is NCc1c(F)cccc1Oc1ccnc2cc(Br)cnc12. The zero-order valence-corrected chi connectivity index (χ0v) is 12.5. The first-order chi connectivity index (χ1) is 10.2. The van der Waals surface area contributed by atoms with E-state index >= 15 is 0 Å². The minimum absolute atomic E-state index is 0.0595. The summed E-state index contributed by atoms with van der Waals surface area (Å²) < 4.78 is 20.3. The van der Waals surface area contributed by atoms with Crippen LogP contribution in [0, 0.1) is 5.82 Å². The van der Waals surface area contributed by atoms with Crippen LogP contribution in [0.4, 0.5) is 4.39 Å². The van der Waals surface area contributed by atoms with Gasteiger partial charge in [0.2, 0.25) is 0 Å². The summed E-state index contributed by atoms with van der Waals surface area (Å²) in [6.07, 6.45) is 3.28. The van der Waals surface area contributed by atoms with Gasteiger partial charge in [-0.15, -0.1) is 0 Å². The number of hydrogen-bond donors (Lipinski definition) is 1. The highest BCUT2D eigenvalue weighted by atomic mass is 79.9. The largest absolute Gasteiger partial charge is 0.455 e. The third kappa shape index (κ3) is 2.72. The molecular weight excluding hydrogens is 337 g/mol. The topological polar surface area (TPSA) is 61.0 Å². The molecule has 2 N–H and O–H groups in total. The first-order valence-electron chi connectivity index (χ1n) is 6.24. The van der Waals surface area contributed by atoms with E-state index in [4.69, 9.17) is 10.5 Å². The van der Waals surface area contributed by atoms with E-state index < -0.39 is 0 Å². The van der Waals surface area contributed by atoms with Crippen LogP contribution in [0.25, 0.3) is 11.0 Å². The Hall–Kier alpha value is -2.05. The van der Waals surface area contributed by atoms with Crippen molar-refractivity contribution in [3.05, 3.63) is 58.6 Å². The van der Waals surface area contributed by atoms with Crippen molar-refractivity contribution in [3.8, 4) is 11.5 Å². The van der Waals surface area contributed by atoms with Crippen LogP contribution in [0.5, 0.6) is 11.5 Å². The molecule has 1 aromatic carbocycles. The van der Waals surface area contributed by atoms with Crippen molar-refractivity contribution in [2.24, 2.45) is 5.73 Å². The van der Waals surface area contributed by atoms with Gasteiger partial charge in [0, 0.05) is 35.0 Å². The number of hydrogen-bond acceptors (Lipinski definition) is 4. The number of nitrogens with two attached hydrogens (primary N) is 1. The molecule has 0 unspecified atom stereocenters. The number of rotatable bonds is 3. The molecule has 6 heteroatoms. The zero-order valence-electron chi connectivity index (χ0n) is 10.9. The average molecular weight is 348 g/mol. The van der Waals surface area contributed by atoms with E-state index in [-0.39, 0.29) is 12.4 Å². The first kappa shape index (κ1) is 13.9. The number of nitrogens with zero attached hydrogens (tertiary/aromatic N) is 2. The standard InChI is InChI=1S/C15H11BrFN3O/c16-9-6-12-15(20-8-9)14(4-5-19-12)21-13-3-1-2-11(17)10(13)7-18/h1-6,8H,7,18H2. The van der Waals surface area contributed by atoms with E-state index in [0.717, 1.165) is 4.47 Å². The normalized spacial score (nSPS) is 10.8. The fourth-order valence-electron chi connectivity index (χ4n) is 2.01. The van der Waals surface area contributed by atoms with Crippen molar-refractivity contribution in [1.29, 1.82) is 0 Å². The Kier molecular flexibility index (Phi) is 3.81. The second kappa shape index (κ2) is 5.75. The van der Waals surface area contributed by atoms with E-state index in [0.29, 0.717) is 28.1 Å². The van der Waals surface area contributed by atoms with Gasteiger partial charge in [-0.1, -0.05) is 6.07 Å². The highest BCUT2D eigenvalue weighted by Gasteiger charge is 2.11. The van der Waals surface area contributed by atoms with Gasteiger partial charge in [-0.25, -0.2) is 9.37 Å². The molecule has 0 aliphatic rings. The number of pyridine rings is 2. The van der Waals surface area contributed by atoms with Gasteiger partial charge >= 0.3 is 0 Å². The van der Waals surface area contributed by atoms with E-state index in [1.807, 2.05) is 6.07 Å². The highest BCUT2D eigenvalue weighted by molar-refractivity contribution is 9.10. The van der Waals surface area contributed by atoms with Crippen LogP contribution in [-0.2, 0) is 6.54 Å². The lowest BCUT2D eigenvalue weighted by atomic mass is 10.2. The number of halogens is 2. The molecule has 0 bridgehead atoms.